The van der Waals surface area contributed by atoms with Crippen LogP contribution in [-0.2, 0) is 4.79 Å². The Morgan fingerprint density at radius 2 is 1.82 bits per heavy atom. The predicted molar refractivity (Wildman–Crippen MR) is 125 cm³/mol. The largest absolute Gasteiger partial charge is 0.435 e. The Kier molecular flexibility index (Phi) is 8.41. The third-order valence-corrected chi connectivity index (χ3v) is 5.39. The average Bonchev–Trinajstić information content (AvgIpc) is 3.16. The summed E-state index contributed by atoms with van der Waals surface area (Å²) < 4.78 is 30.1. The van der Waals surface area contributed by atoms with E-state index in [1.165, 1.54) is 28.9 Å². The maximum atomic E-state index is 12.5. The van der Waals surface area contributed by atoms with Crippen molar-refractivity contribution in [2.45, 2.75) is 25.6 Å². The van der Waals surface area contributed by atoms with Gasteiger partial charge in [-0.3, -0.25) is 9.59 Å². The van der Waals surface area contributed by atoms with Gasteiger partial charge in [-0.05, 0) is 42.3 Å². The van der Waals surface area contributed by atoms with Gasteiger partial charge in [0.05, 0.1) is 17.0 Å². The Bertz CT molecular complexity index is 1140. The van der Waals surface area contributed by atoms with E-state index in [9.17, 15) is 18.4 Å². The number of aromatic nitrogens is 3. The number of hydrogen-bond acceptors (Lipinski definition) is 7. The summed E-state index contributed by atoms with van der Waals surface area (Å²) in [4.78, 5) is 24.9. The van der Waals surface area contributed by atoms with Crippen LogP contribution >= 0.6 is 11.8 Å². The number of nitrogens with one attached hydrogen (secondary N) is 2. The molecule has 0 spiro atoms. The molecule has 0 fully saturated rings. The smallest absolute Gasteiger partial charge is 0.387 e. The van der Waals surface area contributed by atoms with E-state index >= 15 is 0 Å². The molecule has 3 rings (SSSR count). The van der Waals surface area contributed by atoms with Crippen LogP contribution in [0.5, 0.6) is 5.75 Å². The number of nitrogens with two attached hydrogens (primary N) is 1. The minimum Gasteiger partial charge on any atom is -0.435 e. The van der Waals surface area contributed by atoms with E-state index in [2.05, 4.69) is 25.6 Å². The zero-order valence-electron chi connectivity index (χ0n) is 18.5. The number of ether oxygens (including phenoxy) is 1. The Morgan fingerprint density at radius 3 is 2.50 bits per heavy atom. The topological polar surface area (TPSA) is 124 Å². The SMILES string of the molecule is CC(C)CNC(=O)c1ccccc1NC(=O)CSc1nnc(-c2ccc(OC(F)F)cc2)n1N. The lowest BCUT2D eigenvalue weighted by atomic mass is 10.1. The first kappa shape index (κ1) is 25.0. The van der Waals surface area contributed by atoms with Crippen molar-refractivity contribution in [1.29, 1.82) is 0 Å². The molecule has 9 nitrogen and oxygen atoms in total. The highest BCUT2D eigenvalue weighted by Gasteiger charge is 2.16. The van der Waals surface area contributed by atoms with E-state index < -0.39 is 6.61 Å². The van der Waals surface area contributed by atoms with Crippen molar-refractivity contribution in [2.24, 2.45) is 5.92 Å². The second kappa shape index (κ2) is 11.5. The molecule has 0 saturated heterocycles. The van der Waals surface area contributed by atoms with Gasteiger partial charge in [-0.2, -0.15) is 8.78 Å². The van der Waals surface area contributed by atoms with E-state index in [1.54, 1.807) is 24.3 Å². The summed E-state index contributed by atoms with van der Waals surface area (Å²) in [5.74, 6) is 5.99. The van der Waals surface area contributed by atoms with Crippen molar-refractivity contribution < 1.29 is 23.1 Å². The molecule has 2 aromatic carbocycles. The molecule has 0 unspecified atom stereocenters. The molecule has 12 heteroatoms. The maximum Gasteiger partial charge on any atom is 0.387 e. The molecule has 0 atom stereocenters. The highest BCUT2D eigenvalue weighted by molar-refractivity contribution is 7.99. The van der Waals surface area contributed by atoms with Crippen molar-refractivity contribution in [3.63, 3.8) is 0 Å². The van der Waals surface area contributed by atoms with Crippen LogP contribution in [0.2, 0.25) is 0 Å². The number of rotatable bonds is 10. The molecular weight excluding hydrogens is 466 g/mol. The lowest BCUT2D eigenvalue weighted by Crippen LogP contribution is -2.28. The van der Waals surface area contributed by atoms with Gasteiger partial charge in [-0.15, -0.1) is 10.2 Å². The molecule has 34 heavy (non-hydrogen) atoms. The Morgan fingerprint density at radius 1 is 1.12 bits per heavy atom. The summed E-state index contributed by atoms with van der Waals surface area (Å²) in [5.41, 5.74) is 1.30. The molecule has 0 saturated carbocycles. The number of amides is 2. The summed E-state index contributed by atoms with van der Waals surface area (Å²) in [5, 5.41) is 13.8. The fourth-order valence-electron chi connectivity index (χ4n) is 2.86. The van der Waals surface area contributed by atoms with Crippen LogP contribution in [0.4, 0.5) is 14.5 Å². The first-order valence-electron chi connectivity index (χ1n) is 10.3. The molecule has 0 aliphatic rings. The summed E-state index contributed by atoms with van der Waals surface area (Å²) in [7, 11) is 0. The van der Waals surface area contributed by atoms with Gasteiger partial charge in [0.2, 0.25) is 11.1 Å². The lowest BCUT2D eigenvalue weighted by Gasteiger charge is -2.12. The van der Waals surface area contributed by atoms with Crippen LogP contribution < -0.4 is 21.2 Å². The number of carbonyl (C=O) groups excluding carboxylic acids is 2. The average molecular weight is 491 g/mol. The number of carbonyl (C=O) groups is 2. The monoisotopic (exact) mass is 490 g/mol. The zero-order valence-corrected chi connectivity index (χ0v) is 19.3. The van der Waals surface area contributed by atoms with Crippen LogP contribution in [0, 0.1) is 5.92 Å². The number of thioether (sulfide) groups is 1. The zero-order chi connectivity index (χ0) is 24.7. The first-order valence-corrected chi connectivity index (χ1v) is 11.3. The second-order valence-electron chi connectivity index (χ2n) is 7.57. The molecule has 2 amide bonds. The molecule has 1 heterocycles. The van der Waals surface area contributed by atoms with Crippen LogP contribution in [0.25, 0.3) is 11.4 Å². The molecule has 180 valence electrons. The normalized spacial score (nSPS) is 11.0. The van der Waals surface area contributed by atoms with E-state index in [-0.39, 0.29) is 28.5 Å². The van der Waals surface area contributed by atoms with Gasteiger partial charge in [0.15, 0.2) is 5.82 Å². The summed E-state index contributed by atoms with van der Waals surface area (Å²) in [6, 6.07) is 12.5. The van der Waals surface area contributed by atoms with Crippen LogP contribution in [0.3, 0.4) is 0 Å². The second-order valence-corrected chi connectivity index (χ2v) is 8.51. The predicted octanol–water partition coefficient (Wildman–Crippen LogP) is 3.38. The molecule has 0 aliphatic heterocycles. The summed E-state index contributed by atoms with van der Waals surface area (Å²) in [6.45, 7) is 1.58. The van der Waals surface area contributed by atoms with E-state index in [4.69, 9.17) is 5.84 Å². The summed E-state index contributed by atoms with van der Waals surface area (Å²) in [6.07, 6.45) is 0. The van der Waals surface area contributed by atoms with Crippen molar-refractivity contribution in [3.05, 3.63) is 54.1 Å². The Hall–Kier alpha value is -3.67. The fraction of sp³-hybridized carbons (Fsp3) is 0.273. The van der Waals surface area contributed by atoms with Gasteiger partial charge in [-0.25, -0.2) is 4.68 Å². The number of alkyl halides is 2. The number of nitrogens with zero attached hydrogens (tertiary/aromatic N) is 3. The Labute approximate surface area is 199 Å². The number of benzene rings is 2. The maximum absolute atomic E-state index is 12.5. The van der Waals surface area contributed by atoms with Gasteiger partial charge in [0.25, 0.3) is 5.91 Å². The number of hydrogen-bond donors (Lipinski definition) is 3. The highest BCUT2D eigenvalue weighted by atomic mass is 32.2. The number of anilines is 1. The fourth-order valence-corrected chi connectivity index (χ4v) is 3.51. The number of para-hydroxylation sites is 1. The molecule has 3 aromatic rings. The molecule has 0 radical (unpaired) electrons. The Balaban J connectivity index is 1.61. The molecule has 0 aliphatic carbocycles. The quantitative estimate of drug-likeness (QED) is 0.294. The molecule has 1 aromatic heterocycles. The van der Waals surface area contributed by atoms with Gasteiger partial charge >= 0.3 is 6.61 Å². The standard InChI is InChI=1S/C22H24F2N6O3S/c1-13(2)11-26-20(32)16-5-3-4-6-17(16)27-18(31)12-34-22-29-28-19(30(22)25)14-7-9-15(10-8-14)33-21(23)24/h3-10,13,21H,11-12,25H2,1-2H3,(H,26,32)(H,27,31). The van der Waals surface area contributed by atoms with Crippen molar-refractivity contribution >= 4 is 29.3 Å². The van der Waals surface area contributed by atoms with Crippen molar-refractivity contribution in [1.82, 2.24) is 20.2 Å². The van der Waals surface area contributed by atoms with Crippen LogP contribution in [0.15, 0.2) is 53.7 Å². The molecule has 0 bridgehead atoms. The minimum atomic E-state index is -2.92. The molecular formula is C22H24F2N6O3S. The van der Waals surface area contributed by atoms with Gasteiger partial charge < -0.3 is 21.2 Å². The lowest BCUT2D eigenvalue weighted by molar-refractivity contribution is -0.113. The number of halogens is 2. The number of nitrogen functional groups attached to an aromatic ring is 1. The third-order valence-electron chi connectivity index (χ3n) is 4.45. The first-order chi connectivity index (χ1) is 16.2. The summed E-state index contributed by atoms with van der Waals surface area (Å²) >= 11 is 1.06. The van der Waals surface area contributed by atoms with E-state index in [1.807, 2.05) is 13.8 Å². The third kappa shape index (κ3) is 6.67. The molecule has 4 N–H and O–H groups in total. The highest BCUT2D eigenvalue weighted by Crippen LogP contribution is 2.24. The van der Waals surface area contributed by atoms with Crippen molar-refractivity contribution in [3.8, 4) is 17.1 Å². The van der Waals surface area contributed by atoms with Gasteiger partial charge in [-0.1, -0.05) is 37.7 Å². The van der Waals surface area contributed by atoms with E-state index in [0.29, 0.717) is 35.1 Å². The van der Waals surface area contributed by atoms with Gasteiger partial charge in [0, 0.05) is 12.1 Å². The minimum absolute atomic E-state index is 0.00581. The van der Waals surface area contributed by atoms with Crippen LogP contribution in [-0.4, -0.2) is 45.6 Å². The van der Waals surface area contributed by atoms with Crippen molar-refractivity contribution in [2.75, 3.05) is 23.5 Å². The van der Waals surface area contributed by atoms with E-state index in [0.717, 1.165) is 11.8 Å². The van der Waals surface area contributed by atoms with Crippen LogP contribution in [0.1, 0.15) is 24.2 Å². The van der Waals surface area contributed by atoms with Gasteiger partial charge in [0.1, 0.15) is 5.75 Å².